The largest absolute Gasteiger partial charge is 0.322 e. The third kappa shape index (κ3) is 2.71. The maximum absolute atomic E-state index is 6.02. The van der Waals surface area contributed by atoms with Gasteiger partial charge in [0.25, 0.3) is 0 Å². The Labute approximate surface area is 135 Å². The molecule has 2 nitrogen and oxygen atoms in total. The van der Waals surface area contributed by atoms with E-state index in [1.807, 2.05) is 30.3 Å². The average molecular weight is 370 g/mol. The lowest BCUT2D eigenvalue weighted by atomic mass is 10.2. The second kappa shape index (κ2) is 5.76. The van der Waals surface area contributed by atoms with Gasteiger partial charge in [0, 0.05) is 16.0 Å². The first-order valence-corrected chi connectivity index (χ1v) is 7.83. The van der Waals surface area contributed by atoms with Gasteiger partial charge in [-0.15, -0.1) is 11.6 Å². The van der Waals surface area contributed by atoms with Crippen molar-refractivity contribution < 1.29 is 0 Å². The van der Waals surface area contributed by atoms with E-state index >= 15 is 0 Å². The van der Waals surface area contributed by atoms with Crippen LogP contribution in [-0.4, -0.2) is 9.55 Å². The smallest absolute Gasteiger partial charge is 0.125 e. The molecule has 0 fully saturated rings. The zero-order valence-corrected chi connectivity index (χ0v) is 13.6. The molecular formula is C15H11BrCl2N2. The van der Waals surface area contributed by atoms with Gasteiger partial charge in [0.05, 0.1) is 16.9 Å². The van der Waals surface area contributed by atoms with Crippen molar-refractivity contribution in [2.24, 2.45) is 0 Å². The van der Waals surface area contributed by atoms with E-state index in [0.717, 1.165) is 27.9 Å². The molecule has 0 unspecified atom stereocenters. The molecule has 1 aromatic heterocycles. The van der Waals surface area contributed by atoms with Crippen molar-refractivity contribution in [1.29, 1.82) is 0 Å². The van der Waals surface area contributed by atoms with Gasteiger partial charge in [-0.1, -0.05) is 39.7 Å². The Kier molecular flexibility index (Phi) is 4.01. The summed E-state index contributed by atoms with van der Waals surface area (Å²) in [5.74, 6) is 1.23. The van der Waals surface area contributed by atoms with E-state index in [1.54, 1.807) is 0 Å². The molecule has 0 aliphatic heterocycles. The summed E-state index contributed by atoms with van der Waals surface area (Å²) in [4.78, 5) is 4.55. The lowest BCUT2D eigenvalue weighted by molar-refractivity contribution is 0.778. The fourth-order valence-corrected chi connectivity index (χ4v) is 3.07. The van der Waals surface area contributed by atoms with Crippen molar-refractivity contribution in [1.82, 2.24) is 9.55 Å². The molecule has 0 bridgehead atoms. The van der Waals surface area contributed by atoms with E-state index in [1.165, 1.54) is 5.56 Å². The molecule has 0 aliphatic carbocycles. The normalized spacial score (nSPS) is 11.2. The molecule has 102 valence electrons. The molecule has 0 spiro atoms. The summed E-state index contributed by atoms with van der Waals surface area (Å²) >= 11 is 15.5. The monoisotopic (exact) mass is 368 g/mol. The van der Waals surface area contributed by atoms with Gasteiger partial charge in [-0.05, 0) is 35.9 Å². The van der Waals surface area contributed by atoms with E-state index in [2.05, 4.69) is 37.6 Å². The van der Waals surface area contributed by atoms with Gasteiger partial charge in [-0.25, -0.2) is 4.98 Å². The number of alkyl halides is 1. The summed E-state index contributed by atoms with van der Waals surface area (Å²) in [5, 5.41) is 0.686. The standard InChI is InChI=1S/C15H11BrCl2N2/c16-11-3-1-2-10(6-11)9-20-14-5-4-12(18)7-13(14)19-15(20)8-17/h1-7H,8-9H2. The number of hydrogen-bond donors (Lipinski definition) is 0. The predicted octanol–water partition coefficient (Wildman–Crippen LogP) is 5.24. The number of halogens is 3. The van der Waals surface area contributed by atoms with Crippen molar-refractivity contribution in [3.63, 3.8) is 0 Å². The minimum Gasteiger partial charge on any atom is -0.322 e. The topological polar surface area (TPSA) is 17.8 Å². The number of aromatic nitrogens is 2. The van der Waals surface area contributed by atoms with Crippen LogP contribution in [0.4, 0.5) is 0 Å². The molecule has 5 heteroatoms. The van der Waals surface area contributed by atoms with Crippen LogP contribution in [0.5, 0.6) is 0 Å². The second-order valence-corrected chi connectivity index (χ2v) is 6.13. The van der Waals surface area contributed by atoms with Crippen LogP contribution in [0.25, 0.3) is 11.0 Å². The lowest BCUT2D eigenvalue weighted by Gasteiger charge is -2.08. The molecule has 0 radical (unpaired) electrons. The number of hydrogen-bond acceptors (Lipinski definition) is 1. The Morgan fingerprint density at radius 2 is 2.00 bits per heavy atom. The molecule has 0 amide bonds. The molecular weight excluding hydrogens is 359 g/mol. The molecule has 0 saturated carbocycles. The third-order valence-electron chi connectivity index (χ3n) is 3.14. The van der Waals surface area contributed by atoms with Crippen LogP contribution < -0.4 is 0 Å². The molecule has 0 atom stereocenters. The van der Waals surface area contributed by atoms with E-state index in [4.69, 9.17) is 23.2 Å². The van der Waals surface area contributed by atoms with E-state index < -0.39 is 0 Å². The molecule has 3 rings (SSSR count). The predicted molar refractivity (Wildman–Crippen MR) is 87.5 cm³/mol. The van der Waals surface area contributed by atoms with Crippen LogP contribution in [0.3, 0.4) is 0 Å². The quantitative estimate of drug-likeness (QED) is 0.577. The zero-order valence-electron chi connectivity index (χ0n) is 10.5. The highest BCUT2D eigenvalue weighted by molar-refractivity contribution is 9.10. The first-order valence-electron chi connectivity index (χ1n) is 6.12. The van der Waals surface area contributed by atoms with Gasteiger partial charge in [0.1, 0.15) is 5.82 Å². The third-order valence-corrected chi connectivity index (χ3v) is 4.11. The van der Waals surface area contributed by atoms with Crippen LogP contribution >= 0.6 is 39.1 Å². The fraction of sp³-hybridized carbons (Fsp3) is 0.133. The van der Waals surface area contributed by atoms with E-state index in [0.29, 0.717) is 10.9 Å². The zero-order chi connectivity index (χ0) is 14.1. The molecule has 0 N–H and O–H groups in total. The summed E-state index contributed by atoms with van der Waals surface area (Å²) in [5.41, 5.74) is 3.12. The number of rotatable bonds is 3. The van der Waals surface area contributed by atoms with Gasteiger partial charge in [0.2, 0.25) is 0 Å². The van der Waals surface area contributed by atoms with Gasteiger partial charge in [0.15, 0.2) is 0 Å². The first-order chi connectivity index (χ1) is 9.67. The molecule has 3 aromatic rings. The van der Waals surface area contributed by atoms with E-state index in [-0.39, 0.29) is 0 Å². The lowest BCUT2D eigenvalue weighted by Crippen LogP contribution is -2.03. The summed E-state index contributed by atoms with van der Waals surface area (Å²) in [6.07, 6.45) is 0. The van der Waals surface area contributed by atoms with Crippen molar-refractivity contribution in [2.75, 3.05) is 0 Å². The van der Waals surface area contributed by atoms with Crippen LogP contribution in [0, 0.1) is 0 Å². The SMILES string of the molecule is ClCc1nc2cc(Cl)ccc2n1Cc1cccc(Br)c1. The Balaban J connectivity index is 2.10. The number of imidazole rings is 1. The number of nitrogens with zero attached hydrogens (tertiary/aromatic N) is 2. The number of fused-ring (bicyclic) bond motifs is 1. The van der Waals surface area contributed by atoms with Crippen molar-refractivity contribution >= 4 is 50.2 Å². The Hall–Kier alpha value is -1.03. The molecule has 2 aromatic carbocycles. The van der Waals surface area contributed by atoms with Gasteiger partial charge in [-0.3, -0.25) is 0 Å². The fourth-order valence-electron chi connectivity index (χ4n) is 2.25. The second-order valence-electron chi connectivity index (χ2n) is 4.51. The molecule has 1 heterocycles. The number of benzene rings is 2. The Morgan fingerprint density at radius 1 is 1.15 bits per heavy atom. The van der Waals surface area contributed by atoms with Crippen LogP contribution in [0.1, 0.15) is 11.4 Å². The highest BCUT2D eigenvalue weighted by atomic mass is 79.9. The summed E-state index contributed by atoms with van der Waals surface area (Å²) in [6, 6.07) is 13.9. The highest BCUT2D eigenvalue weighted by Gasteiger charge is 2.10. The first kappa shape index (κ1) is 13.9. The summed E-state index contributed by atoms with van der Waals surface area (Å²) < 4.78 is 3.19. The van der Waals surface area contributed by atoms with Gasteiger partial charge < -0.3 is 4.57 Å². The van der Waals surface area contributed by atoms with Crippen LogP contribution in [0.2, 0.25) is 5.02 Å². The van der Waals surface area contributed by atoms with Crippen molar-refractivity contribution in [2.45, 2.75) is 12.4 Å². The van der Waals surface area contributed by atoms with Gasteiger partial charge in [-0.2, -0.15) is 0 Å². The summed E-state index contributed by atoms with van der Waals surface area (Å²) in [7, 11) is 0. The van der Waals surface area contributed by atoms with Crippen LogP contribution in [-0.2, 0) is 12.4 Å². The van der Waals surface area contributed by atoms with E-state index in [9.17, 15) is 0 Å². The van der Waals surface area contributed by atoms with Gasteiger partial charge >= 0.3 is 0 Å². The molecule has 20 heavy (non-hydrogen) atoms. The van der Waals surface area contributed by atoms with Crippen molar-refractivity contribution in [3.8, 4) is 0 Å². The maximum Gasteiger partial charge on any atom is 0.125 e. The summed E-state index contributed by atoms with van der Waals surface area (Å²) in [6.45, 7) is 0.736. The highest BCUT2D eigenvalue weighted by Crippen LogP contribution is 2.23. The van der Waals surface area contributed by atoms with Crippen LogP contribution in [0.15, 0.2) is 46.9 Å². The minimum atomic E-state index is 0.375. The Bertz CT molecular complexity index is 768. The average Bonchev–Trinajstić information content (AvgIpc) is 2.76. The minimum absolute atomic E-state index is 0.375. The molecule has 0 saturated heterocycles. The Morgan fingerprint density at radius 3 is 2.75 bits per heavy atom. The van der Waals surface area contributed by atoms with Crippen molar-refractivity contribution in [3.05, 3.63) is 63.3 Å². The molecule has 0 aliphatic rings. The maximum atomic E-state index is 6.02.